The van der Waals surface area contributed by atoms with Gasteiger partial charge in [-0.05, 0) is 138 Å². The fourth-order valence-corrected chi connectivity index (χ4v) is 12.4. The standard InChI is InChI=1S/C32H40O4.C24H23O2P.C22H28O4.C20H24O2.CH4.Mn.2O/c1-25(17-11-19-27(3)21-13-23-29(5)31(33)35-7)15-9-10-16-26(2)18-12-20-28(4)22-14-24-30(6)32(34)36-8;1-20(24(25)26-2)18-19-27(21-12-6-3-7-13-21,22-14-8-4-9-15-22)23-16-10-5-11-17-23;1-17(13-9-15-19(3)21(23)25-5)11-7-8-12-18(2)14-10-16-20(4)22(24)26-6;1-17(11-7-13-19(3)15-21)9-5-6-10-18(2)12-8-14-20(4)16-22;;;;/h9-24H,1-8H3;3-19H,1-2H3;7-16H,1-6H3;5-16H,1-4H3;1H4;;;/b10-9+,17-11+,18-12+,21-13+,22-14+,25-15+,26-16+,27-19+,28-20+,29-23+,30-24+;20-18+;8-7+,13-9+,14-10+,17-11+,18-12+,19-15+,20-16+;6-5+,11-7+,12-8+,17-9+,18-10+,19-13+,20-14+;;;;. The first-order chi connectivity index (χ1) is 54.5. The Labute approximate surface area is 692 Å². The van der Waals surface area contributed by atoms with Crippen LogP contribution in [0.15, 0.2) is 399 Å². The zero-order valence-corrected chi connectivity index (χ0v) is 71.9. The molecular weight excluding hydrogens is 1500 g/mol. The molecular formula is C99H119MnO14P. The molecule has 0 aliphatic rings. The van der Waals surface area contributed by atoms with Gasteiger partial charge in [0.05, 0.1) is 35.5 Å². The maximum atomic E-state index is 11.9. The molecule has 115 heavy (non-hydrogen) atoms. The van der Waals surface area contributed by atoms with Crippen LogP contribution in [-0.2, 0) is 79.7 Å². The van der Waals surface area contributed by atoms with Crippen molar-refractivity contribution in [3.05, 3.63) is 399 Å². The van der Waals surface area contributed by atoms with E-state index < -0.39 is 21.7 Å². The molecule has 0 N–H and O–H groups in total. The molecule has 3 rings (SSSR count). The van der Waals surface area contributed by atoms with E-state index in [1.165, 1.54) is 51.5 Å². The van der Waals surface area contributed by atoms with Crippen LogP contribution in [0.3, 0.4) is 0 Å². The van der Waals surface area contributed by atoms with Crippen molar-refractivity contribution in [2.75, 3.05) is 35.5 Å². The summed E-state index contributed by atoms with van der Waals surface area (Å²) >= 11 is -1.44. The predicted octanol–water partition coefficient (Wildman–Crippen LogP) is 21.7. The molecule has 0 fully saturated rings. The second-order valence-corrected chi connectivity index (χ2v) is 28.5. The Morgan fingerprint density at radius 1 is 0.252 bits per heavy atom. The van der Waals surface area contributed by atoms with Gasteiger partial charge in [-0.2, -0.15) is 0 Å². The molecule has 0 atom stereocenters. The van der Waals surface area contributed by atoms with Crippen molar-refractivity contribution < 1.29 is 79.7 Å². The quantitative estimate of drug-likeness (QED) is 0.0106. The molecule has 611 valence electrons. The molecule has 0 amide bonds. The summed E-state index contributed by atoms with van der Waals surface area (Å²) in [7, 11) is 6.88. The summed E-state index contributed by atoms with van der Waals surface area (Å²) in [6, 6.07) is 31.5. The zero-order valence-electron chi connectivity index (χ0n) is 69.8. The molecule has 16 heteroatoms. The summed E-state index contributed by atoms with van der Waals surface area (Å²) in [6.07, 6.45) is 72.5. The van der Waals surface area contributed by atoms with E-state index in [1.807, 2.05) is 262 Å². The van der Waals surface area contributed by atoms with Gasteiger partial charge < -0.3 is 23.7 Å². The van der Waals surface area contributed by atoms with E-state index in [1.54, 1.807) is 84.9 Å². The molecule has 3 aromatic rings. The number of rotatable bonds is 33. The molecule has 0 aliphatic heterocycles. The Balaban J connectivity index is -0.00000145. The second kappa shape index (κ2) is 67.7. The Morgan fingerprint density at radius 2 is 0.409 bits per heavy atom. The Kier molecular flexibility index (Phi) is 63.1. The minimum absolute atomic E-state index is 0. The van der Waals surface area contributed by atoms with Crippen molar-refractivity contribution in [2.24, 2.45) is 0 Å². The third-order valence-electron chi connectivity index (χ3n) is 15.1. The SMILES string of the molecule is C.COC(=O)/C(C)=C/C=C/C(C)=C/C=C/C(C)=C/C=C/C=C(C)/C=C/C=C(C)/C=C/C=C(\C)C(=O)OC.COC(=O)/C(C)=C/C=C/C(C)=C/C=C/C=C(C)/C=C/C=C(\C)C(=O)OC.COC(=O)/C(C)=C/C=P(c1ccccc1)(c1ccccc1)c1ccccc1.C\C(C=O)=C/C=C/C(C)=C/C=C/C=C(C)/C=C/C=C(\C)C=O.[O]=[Mn]=[O]. The van der Waals surface area contributed by atoms with Gasteiger partial charge >= 0.3 is 52.3 Å². The van der Waals surface area contributed by atoms with Gasteiger partial charge in [-0.25, -0.2) is 24.0 Å². The third kappa shape index (κ3) is 52.8. The van der Waals surface area contributed by atoms with Crippen molar-refractivity contribution in [2.45, 2.75) is 111 Å². The van der Waals surface area contributed by atoms with Gasteiger partial charge in [0.25, 0.3) is 0 Å². The molecule has 0 heterocycles. The van der Waals surface area contributed by atoms with E-state index in [0.29, 0.717) is 39.0 Å². The van der Waals surface area contributed by atoms with E-state index >= 15 is 0 Å². The van der Waals surface area contributed by atoms with Gasteiger partial charge in [-0.15, -0.1) is 0 Å². The van der Waals surface area contributed by atoms with Crippen molar-refractivity contribution in [1.29, 1.82) is 0 Å². The molecule has 14 nitrogen and oxygen atoms in total. The molecule has 0 spiro atoms. The van der Waals surface area contributed by atoms with Crippen LogP contribution in [0.2, 0.25) is 0 Å². The van der Waals surface area contributed by atoms with Gasteiger partial charge in [0.2, 0.25) is 0 Å². The number of benzene rings is 3. The summed E-state index contributed by atoms with van der Waals surface area (Å²) < 4.78 is 40.3. The number of aldehydes is 2. The van der Waals surface area contributed by atoms with Gasteiger partial charge in [0, 0.05) is 27.9 Å². The average Bonchev–Trinajstić information content (AvgIpc) is 0.758. The van der Waals surface area contributed by atoms with Crippen LogP contribution in [0.4, 0.5) is 0 Å². The number of carbonyl (C=O) groups excluding carboxylic acids is 7. The van der Waals surface area contributed by atoms with Crippen LogP contribution >= 0.6 is 6.89 Å². The number of allylic oxidation sites excluding steroid dienone is 47. The van der Waals surface area contributed by atoms with E-state index in [9.17, 15) is 33.6 Å². The van der Waals surface area contributed by atoms with E-state index in [2.05, 4.69) is 97.5 Å². The number of hydrogen-bond acceptors (Lipinski definition) is 14. The number of ether oxygens (including phenoxy) is 5. The molecule has 0 bridgehead atoms. The fourth-order valence-electron chi connectivity index (χ4n) is 8.61. The molecule has 0 aliphatic carbocycles. The number of carbonyl (C=O) groups is 7. The monoisotopic (exact) mass is 1620 g/mol. The number of hydrogen-bond donors (Lipinski definition) is 0. The van der Waals surface area contributed by atoms with Gasteiger partial charge in [0.1, 0.15) is 12.6 Å². The summed E-state index contributed by atoms with van der Waals surface area (Å²) in [5.41, 5.74) is 12.9. The Bertz CT molecular complexity index is 4260. The first-order valence-electron chi connectivity index (χ1n) is 36.2. The van der Waals surface area contributed by atoms with E-state index in [0.717, 1.165) is 57.2 Å². The summed E-state index contributed by atoms with van der Waals surface area (Å²) in [5.74, 6) is 0.586. The molecule has 3 aromatic carbocycles. The molecule has 0 radical (unpaired) electrons. The topological polar surface area (TPSA) is 200 Å². The minimum atomic E-state index is -2.07. The molecule has 0 saturated heterocycles. The first-order valence-corrected chi connectivity index (χ1v) is 39.0. The third-order valence-corrected chi connectivity index (χ3v) is 19.1. The van der Waals surface area contributed by atoms with Gasteiger partial charge in [-0.3, -0.25) is 9.59 Å². The fraction of sp³-hybridized carbons (Fsp3) is 0.212. The Morgan fingerprint density at radius 3 is 0.583 bits per heavy atom. The average molecular weight is 1620 g/mol. The second-order valence-electron chi connectivity index (χ2n) is 25.0. The van der Waals surface area contributed by atoms with Crippen LogP contribution in [0, 0.1) is 0 Å². The number of esters is 5. The van der Waals surface area contributed by atoms with Crippen molar-refractivity contribution >= 4 is 71.0 Å². The van der Waals surface area contributed by atoms with Crippen LogP contribution in [0.1, 0.15) is 111 Å². The molecule has 0 unspecified atom stereocenters. The number of methoxy groups -OCH3 is 5. The van der Waals surface area contributed by atoms with E-state index in [-0.39, 0.29) is 37.3 Å². The summed E-state index contributed by atoms with van der Waals surface area (Å²) in [5, 5.41) is 3.74. The zero-order chi connectivity index (χ0) is 85.9. The van der Waals surface area contributed by atoms with Crippen LogP contribution in [0.5, 0.6) is 0 Å². The normalized spacial score (nSPS) is 13.9. The van der Waals surface area contributed by atoms with Gasteiger partial charge in [0.15, 0.2) is 0 Å². The first kappa shape index (κ1) is 107. The van der Waals surface area contributed by atoms with Crippen LogP contribution < -0.4 is 15.9 Å². The molecule has 0 aromatic heterocycles. The predicted molar refractivity (Wildman–Crippen MR) is 478 cm³/mol. The van der Waals surface area contributed by atoms with Crippen LogP contribution in [-0.4, -0.2) is 83.8 Å². The maximum absolute atomic E-state index is 11.9. The summed E-state index contributed by atoms with van der Waals surface area (Å²) in [6.45, 7) is 26.1. The summed E-state index contributed by atoms with van der Waals surface area (Å²) in [4.78, 5) is 77.9. The van der Waals surface area contributed by atoms with Crippen molar-refractivity contribution in [3.63, 3.8) is 0 Å². The Hall–Kier alpha value is -12.0. The van der Waals surface area contributed by atoms with Crippen molar-refractivity contribution in [3.8, 4) is 0 Å². The van der Waals surface area contributed by atoms with Gasteiger partial charge in [-0.1, -0.05) is 374 Å². The van der Waals surface area contributed by atoms with Crippen molar-refractivity contribution in [1.82, 2.24) is 0 Å². The van der Waals surface area contributed by atoms with Crippen LogP contribution in [0.25, 0.3) is 0 Å². The van der Waals surface area contributed by atoms with E-state index in [4.69, 9.17) is 12.4 Å². The molecule has 0 saturated carbocycles.